The molecule has 0 aliphatic rings. The van der Waals surface area contributed by atoms with Gasteiger partial charge >= 0.3 is 0 Å². The summed E-state index contributed by atoms with van der Waals surface area (Å²) < 4.78 is 0. The van der Waals surface area contributed by atoms with E-state index >= 15 is 0 Å². The first-order valence-corrected chi connectivity index (χ1v) is 12.7. The summed E-state index contributed by atoms with van der Waals surface area (Å²) in [5.74, 6) is 0. The fraction of sp³-hybridized carbons (Fsp3) is 0.0278. The molecular formula is C36H25N. The highest BCUT2D eigenvalue weighted by Gasteiger charge is 2.16. The third-order valence-corrected chi connectivity index (χ3v) is 7.38. The second-order valence-corrected chi connectivity index (χ2v) is 9.72. The molecule has 0 bridgehead atoms. The molecule has 0 unspecified atom stereocenters. The van der Waals surface area contributed by atoms with E-state index in [1.807, 2.05) is 12.4 Å². The van der Waals surface area contributed by atoms with Gasteiger partial charge in [0.05, 0.1) is 0 Å². The maximum atomic E-state index is 4.16. The normalized spacial score (nSPS) is 11.4. The molecule has 0 amide bonds. The number of pyridine rings is 1. The summed E-state index contributed by atoms with van der Waals surface area (Å²) in [4.78, 5) is 4.16. The van der Waals surface area contributed by atoms with Crippen molar-refractivity contribution in [1.82, 2.24) is 4.98 Å². The van der Waals surface area contributed by atoms with Gasteiger partial charge in [0.2, 0.25) is 0 Å². The Morgan fingerprint density at radius 1 is 0.405 bits per heavy atom. The van der Waals surface area contributed by atoms with Crippen molar-refractivity contribution in [3.8, 4) is 33.4 Å². The van der Waals surface area contributed by atoms with Crippen LogP contribution < -0.4 is 0 Å². The van der Waals surface area contributed by atoms with Crippen molar-refractivity contribution in [3.63, 3.8) is 0 Å². The first-order valence-electron chi connectivity index (χ1n) is 12.7. The molecule has 1 heteroatoms. The van der Waals surface area contributed by atoms with Crippen molar-refractivity contribution in [2.24, 2.45) is 0 Å². The van der Waals surface area contributed by atoms with Crippen molar-refractivity contribution in [2.45, 2.75) is 6.92 Å². The Balaban J connectivity index is 1.49. The Hall–Kier alpha value is -4.75. The highest BCUT2D eigenvalue weighted by Crippen LogP contribution is 2.44. The smallest absolute Gasteiger partial charge is 0.0273 e. The highest BCUT2D eigenvalue weighted by molar-refractivity contribution is 6.21. The first-order chi connectivity index (χ1) is 18.3. The molecule has 1 heterocycles. The van der Waals surface area contributed by atoms with E-state index in [2.05, 4.69) is 133 Å². The molecule has 0 aliphatic heterocycles. The van der Waals surface area contributed by atoms with E-state index in [0.717, 1.165) is 0 Å². The molecular weight excluding hydrogens is 446 g/mol. The van der Waals surface area contributed by atoms with Crippen LogP contribution in [0.2, 0.25) is 0 Å². The van der Waals surface area contributed by atoms with E-state index in [9.17, 15) is 0 Å². The standard InChI is InChI=1S/C36H25N/c1-24-7-6-8-29(21-24)35-31-9-2-4-11-33(31)36(34-12-5-3-10-32(34)35)30-16-15-27-22-26(13-14-28(27)23-30)25-17-19-37-20-18-25/h2-23H,1H3. The predicted molar refractivity (Wildman–Crippen MR) is 158 cm³/mol. The van der Waals surface area contributed by atoms with Gasteiger partial charge in [-0.3, -0.25) is 4.98 Å². The van der Waals surface area contributed by atoms with Gasteiger partial charge in [-0.2, -0.15) is 0 Å². The van der Waals surface area contributed by atoms with Crippen LogP contribution in [0, 0.1) is 6.92 Å². The zero-order valence-corrected chi connectivity index (χ0v) is 20.6. The van der Waals surface area contributed by atoms with Crippen LogP contribution in [0.3, 0.4) is 0 Å². The van der Waals surface area contributed by atoms with Gasteiger partial charge in [-0.25, -0.2) is 0 Å². The Bertz CT molecular complexity index is 1880. The van der Waals surface area contributed by atoms with Crippen molar-refractivity contribution < 1.29 is 0 Å². The summed E-state index contributed by atoms with van der Waals surface area (Å²) in [6.07, 6.45) is 3.69. The predicted octanol–water partition coefficient (Wildman–Crippen LogP) is 9.85. The fourth-order valence-electron chi connectivity index (χ4n) is 5.68. The number of hydrogen-bond acceptors (Lipinski definition) is 1. The number of fused-ring (bicyclic) bond motifs is 3. The van der Waals surface area contributed by atoms with Crippen LogP contribution in [0.15, 0.2) is 134 Å². The lowest BCUT2D eigenvalue weighted by molar-refractivity contribution is 1.33. The summed E-state index contributed by atoms with van der Waals surface area (Å²) >= 11 is 0. The molecule has 0 atom stereocenters. The number of benzene rings is 6. The topological polar surface area (TPSA) is 12.9 Å². The molecule has 0 radical (unpaired) electrons. The van der Waals surface area contributed by atoms with Crippen LogP contribution in [-0.4, -0.2) is 4.98 Å². The lowest BCUT2D eigenvalue weighted by Gasteiger charge is -2.18. The summed E-state index contributed by atoms with van der Waals surface area (Å²) in [6.45, 7) is 2.16. The maximum Gasteiger partial charge on any atom is 0.0273 e. The van der Waals surface area contributed by atoms with Gasteiger partial charge in [0.1, 0.15) is 0 Å². The Morgan fingerprint density at radius 2 is 0.919 bits per heavy atom. The molecule has 0 spiro atoms. The quantitative estimate of drug-likeness (QED) is 0.234. The zero-order valence-electron chi connectivity index (χ0n) is 20.6. The summed E-state index contributed by atoms with van der Waals surface area (Å²) in [5, 5.41) is 7.62. The second kappa shape index (κ2) is 8.72. The van der Waals surface area contributed by atoms with Gasteiger partial charge < -0.3 is 0 Å². The number of aromatic nitrogens is 1. The number of aryl methyl sites for hydroxylation is 1. The van der Waals surface area contributed by atoms with Crippen LogP contribution >= 0.6 is 0 Å². The fourth-order valence-corrected chi connectivity index (χ4v) is 5.68. The van der Waals surface area contributed by atoms with Crippen LogP contribution in [0.25, 0.3) is 65.7 Å². The highest BCUT2D eigenvalue weighted by atomic mass is 14.6. The molecule has 37 heavy (non-hydrogen) atoms. The Kier molecular flexibility index (Phi) is 5.08. The molecule has 1 nitrogen and oxygen atoms in total. The Labute approximate surface area is 216 Å². The monoisotopic (exact) mass is 471 g/mol. The van der Waals surface area contributed by atoms with E-state index in [4.69, 9.17) is 0 Å². The largest absolute Gasteiger partial charge is 0.265 e. The van der Waals surface area contributed by atoms with Gasteiger partial charge in [-0.1, -0.05) is 103 Å². The third kappa shape index (κ3) is 3.68. The van der Waals surface area contributed by atoms with E-state index in [1.165, 1.54) is 71.3 Å². The van der Waals surface area contributed by atoms with Crippen LogP contribution in [-0.2, 0) is 0 Å². The molecule has 6 aromatic carbocycles. The van der Waals surface area contributed by atoms with Gasteiger partial charge in [-0.05, 0) is 96.9 Å². The molecule has 174 valence electrons. The molecule has 0 fully saturated rings. The average Bonchev–Trinajstić information content (AvgIpc) is 2.95. The molecule has 7 aromatic rings. The SMILES string of the molecule is Cc1cccc(-c2c3ccccc3c(-c3ccc4cc(-c5ccncc5)ccc4c3)c3ccccc23)c1. The van der Waals surface area contributed by atoms with Crippen LogP contribution in [0.4, 0.5) is 0 Å². The molecule has 0 aliphatic carbocycles. The van der Waals surface area contributed by atoms with E-state index in [-0.39, 0.29) is 0 Å². The minimum Gasteiger partial charge on any atom is -0.265 e. The zero-order chi connectivity index (χ0) is 24.8. The third-order valence-electron chi connectivity index (χ3n) is 7.38. The molecule has 0 saturated carbocycles. The van der Waals surface area contributed by atoms with E-state index in [1.54, 1.807) is 0 Å². The molecule has 7 rings (SSSR count). The van der Waals surface area contributed by atoms with Gasteiger partial charge in [0, 0.05) is 12.4 Å². The van der Waals surface area contributed by atoms with Crippen molar-refractivity contribution in [3.05, 3.63) is 139 Å². The first kappa shape index (κ1) is 21.5. The molecule has 0 N–H and O–H groups in total. The number of hydrogen-bond donors (Lipinski definition) is 0. The van der Waals surface area contributed by atoms with Gasteiger partial charge in [0.25, 0.3) is 0 Å². The van der Waals surface area contributed by atoms with Crippen LogP contribution in [0.5, 0.6) is 0 Å². The van der Waals surface area contributed by atoms with Crippen molar-refractivity contribution in [1.29, 1.82) is 0 Å². The lowest BCUT2D eigenvalue weighted by Crippen LogP contribution is -1.91. The lowest BCUT2D eigenvalue weighted by atomic mass is 9.85. The van der Waals surface area contributed by atoms with Crippen LogP contribution in [0.1, 0.15) is 5.56 Å². The summed E-state index contributed by atoms with van der Waals surface area (Å²) in [7, 11) is 0. The van der Waals surface area contributed by atoms with E-state index < -0.39 is 0 Å². The second-order valence-electron chi connectivity index (χ2n) is 9.72. The van der Waals surface area contributed by atoms with E-state index in [0.29, 0.717) is 0 Å². The van der Waals surface area contributed by atoms with Crippen molar-refractivity contribution in [2.75, 3.05) is 0 Å². The van der Waals surface area contributed by atoms with Crippen molar-refractivity contribution >= 4 is 32.3 Å². The summed E-state index contributed by atoms with van der Waals surface area (Å²) in [5.41, 5.74) is 8.78. The number of nitrogens with zero attached hydrogens (tertiary/aromatic N) is 1. The number of rotatable bonds is 3. The minimum absolute atomic E-state index is 1.18. The van der Waals surface area contributed by atoms with Gasteiger partial charge in [-0.15, -0.1) is 0 Å². The maximum absolute atomic E-state index is 4.16. The molecule has 1 aromatic heterocycles. The Morgan fingerprint density at radius 3 is 1.49 bits per heavy atom. The molecule has 0 saturated heterocycles. The minimum atomic E-state index is 1.18. The average molecular weight is 472 g/mol. The van der Waals surface area contributed by atoms with Gasteiger partial charge in [0.15, 0.2) is 0 Å². The summed E-state index contributed by atoms with van der Waals surface area (Å²) in [6, 6.07) is 44.3.